The van der Waals surface area contributed by atoms with E-state index in [4.69, 9.17) is 4.74 Å². The molecule has 1 aliphatic heterocycles. The molecule has 6 heteroatoms. The molecule has 0 radical (unpaired) electrons. The topological polar surface area (TPSA) is 75.6 Å². The van der Waals surface area contributed by atoms with Crippen molar-refractivity contribution in [1.29, 1.82) is 0 Å². The fraction of sp³-hybridized carbons (Fsp3) is 1.00. The van der Waals surface area contributed by atoms with Crippen LogP contribution in [0, 0.1) is 0 Å². The molecule has 0 aliphatic carbocycles. The first-order valence-corrected chi connectivity index (χ1v) is 7.94. The van der Waals surface area contributed by atoms with Crippen LogP contribution in [-0.2, 0) is 14.6 Å². The Kier molecular flexibility index (Phi) is 5.85. The van der Waals surface area contributed by atoms with Crippen LogP contribution in [0.4, 0.5) is 0 Å². The molecule has 2 unspecified atom stereocenters. The molecule has 1 rings (SSSR count). The van der Waals surface area contributed by atoms with Crippen LogP contribution < -0.4 is 5.32 Å². The highest BCUT2D eigenvalue weighted by molar-refractivity contribution is 7.91. The summed E-state index contributed by atoms with van der Waals surface area (Å²) in [6.07, 6.45) is 1.08. The van der Waals surface area contributed by atoms with E-state index in [-0.39, 0.29) is 24.5 Å². The summed E-state index contributed by atoms with van der Waals surface area (Å²) in [7, 11) is -2.88. The van der Waals surface area contributed by atoms with E-state index in [0.717, 1.165) is 6.42 Å². The molecule has 0 aromatic carbocycles. The second kappa shape index (κ2) is 6.68. The quantitative estimate of drug-likeness (QED) is 0.703. The van der Waals surface area contributed by atoms with Crippen molar-refractivity contribution in [2.75, 3.05) is 24.7 Å². The van der Waals surface area contributed by atoms with Crippen molar-refractivity contribution in [1.82, 2.24) is 5.32 Å². The zero-order chi connectivity index (χ0) is 12.9. The Bertz CT molecular complexity index is 315. The van der Waals surface area contributed by atoms with Gasteiger partial charge in [-0.2, -0.15) is 0 Å². The highest BCUT2D eigenvalue weighted by Crippen LogP contribution is 2.11. The molecule has 2 atom stereocenters. The van der Waals surface area contributed by atoms with Gasteiger partial charge in [-0.15, -0.1) is 0 Å². The van der Waals surface area contributed by atoms with E-state index >= 15 is 0 Å². The Morgan fingerprint density at radius 2 is 2.18 bits per heavy atom. The summed E-state index contributed by atoms with van der Waals surface area (Å²) in [6, 6.07) is -0.0255. The largest absolute Gasteiger partial charge is 0.389 e. The molecule has 0 aromatic rings. The van der Waals surface area contributed by atoms with Crippen molar-refractivity contribution in [3.63, 3.8) is 0 Å². The van der Waals surface area contributed by atoms with E-state index < -0.39 is 15.9 Å². The molecule has 1 aliphatic rings. The van der Waals surface area contributed by atoms with Gasteiger partial charge in [0.25, 0.3) is 0 Å². The SMILES string of the molecule is CC(C)OCC(O)CNC1CCCS(=O)(=O)C1. The van der Waals surface area contributed by atoms with Crippen LogP contribution in [0.1, 0.15) is 26.7 Å². The van der Waals surface area contributed by atoms with E-state index in [1.165, 1.54) is 0 Å². The van der Waals surface area contributed by atoms with Crippen LogP contribution in [0.5, 0.6) is 0 Å². The Balaban J connectivity index is 2.21. The van der Waals surface area contributed by atoms with E-state index in [2.05, 4.69) is 5.32 Å². The van der Waals surface area contributed by atoms with Crippen LogP contribution in [0.2, 0.25) is 0 Å². The van der Waals surface area contributed by atoms with Crippen molar-refractivity contribution in [2.24, 2.45) is 0 Å². The molecule has 0 aromatic heterocycles. The lowest BCUT2D eigenvalue weighted by atomic mass is 10.2. The Morgan fingerprint density at radius 3 is 2.76 bits per heavy atom. The van der Waals surface area contributed by atoms with Crippen molar-refractivity contribution in [3.8, 4) is 0 Å². The molecule has 1 heterocycles. The fourth-order valence-corrected chi connectivity index (χ4v) is 3.52. The Labute approximate surface area is 103 Å². The maximum atomic E-state index is 11.4. The average Bonchev–Trinajstić information content (AvgIpc) is 2.22. The van der Waals surface area contributed by atoms with Crippen molar-refractivity contribution in [3.05, 3.63) is 0 Å². The lowest BCUT2D eigenvalue weighted by molar-refractivity contribution is 0.00555. The summed E-state index contributed by atoms with van der Waals surface area (Å²) in [4.78, 5) is 0. The summed E-state index contributed by atoms with van der Waals surface area (Å²) < 4.78 is 28.1. The third-order valence-corrected chi connectivity index (χ3v) is 4.55. The fourth-order valence-electron chi connectivity index (χ4n) is 1.85. The lowest BCUT2D eigenvalue weighted by Crippen LogP contribution is -2.44. The molecule has 17 heavy (non-hydrogen) atoms. The van der Waals surface area contributed by atoms with Crippen LogP contribution >= 0.6 is 0 Å². The van der Waals surface area contributed by atoms with Gasteiger partial charge in [0.2, 0.25) is 0 Å². The highest BCUT2D eigenvalue weighted by atomic mass is 32.2. The van der Waals surface area contributed by atoms with Gasteiger partial charge in [0.05, 0.1) is 30.3 Å². The van der Waals surface area contributed by atoms with Gasteiger partial charge in [0.15, 0.2) is 9.84 Å². The van der Waals surface area contributed by atoms with Crippen LogP contribution in [-0.4, -0.2) is 56.4 Å². The van der Waals surface area contributed by atoms with Crippen molar-refractivity contribution in [2.45, 2.75) is 44.9 Å². The number of hydrogen-bond donors (Lipinski definition) is 2. The van der Waals surface area contributed by atoms with E-state index in [0.29, 0.717) is 18.7 Å². The molecular formula is C11H23NO4S. The molecule has 0 saturated carbocycles. The summed E-state index contributed by atoms with van der Waals surface area (Å²) in [5.41, 5.74) is 0. The number of aliphatic hydroxyl groups excluding tert-OH is 1. The molecule has 0 spiro atoms. The van der Waals surface area contributed by atoms with Gasteiger partial charge < -0.3 is 15.2 Å². The standard InChI is InChI=1S/C11H23NO4S/c1-9(2)16-7-11(13)6-12-10-4-3-5-17(14,15)8-10/h9-13H,3-8H2,1-2H3. The van der Waals surface area contributed by atoms with Gasteiger partial charge in [-0.05, 0) is 26.7 Å². The third kappa shape index (κ3) is 6.35. The minimum Gasteiger partial charge on any atom is -0.389 e. The maximum Gasteiger partial charge on any atom is 0.151 e. The monoisotopic (exact) mass is 265 g/mol. The smallest absolute Gasteiger partial charge is 0.151 e. The van der Waals surface area contributed by atoms with E-state index in [1.807, 2.05) is 13.8 Å². The van der Waals surface area contributed by atoms with Crippen LogP contribution in [0.25, 0.3) is 0 Å². The summed E-state index contributed by atoms with van der Waals surface area (Å²) in [6.45, 7) is 4.48. The molecule has 1 fully saturated rings. The predicted molar refractivity (Wildman–Crippen MR) is 66.8 cm³/mol. The van der Waals surface area contributed by atoms with Gasteiger partial charge in [-0.3, -0.25) is 0 Å². The number of aliphatic hydroxyl groups is 1. The lowest BCUT2D eigenvalue weighted by Gasteiger charge is -2.24. The minimum absolute atomic E-state index is 0.0255. The van der Waals surface area contributed by atoms with Crippen LogP contribution in [0.15, 0.2) is 0 Å². The Morgan fingerprint density at radius 1 is 1.47 bits per heavy atom. The molecule has 1 saturated heterocycles. The first-order chi connectivity index (χ1) is 7.89. The van der Waals surface area contributed by atoms with Crippen molar-refractivity contribution >= 4 is 9.84 Å². The molecular weight excluding hydrogens is 242 g/mol. The molecule has 5 nitrogen and oxygen atoms in total. The highest BCUT2D eigenvalue weighted by Gasteiger charge is 2.24. The minimum atomic E-state index is -2.88. The van der Waals surface area contributed by atoms with Gasteiger partial charge in [-0.1, -0.05) is 0 Å². The zero-order valence-electron chi connectivity index (χ0n) is 10.6. The van der Waals surface area contributed by atoms with Crippen molar-refractivity contribution < 1.29 is 18.3 Å². The van der Waals surface area contributed by atoms with Gasteiger partial charge in [-0.25, -0.2) is 8.42 Å². The number of hydrogen-bond acceptors (Lipinski definition) is 5. The summed E-state index contributed by atoms with van der Waals surface area (Å²) >= 11 is 0. The van der Waals surface area contributed by atoms with E-state index in [1.54, 1.807) is 0 Å². The number of sulfone groups is 1. The molecule has 0 bridgehead atoms. The van der Waals surface area contributed by atoms with Gasteiger partial charge >= 0.3 is 0 Å². The summed E-state index contributed by atoms with van der Waals surface area (Å²) in [5, 5.41) is 12.7. The zero-order valence-corrected chi connectivity index (χ0v) is 11.4. The average molecular weight is 265 g/mol. The van der Waals surface area contributed by atoms with Gasteiger partial charge in [0, 0.05) is 12.6 Å². The number of ether oxygens (including phenoxy) is 1. The second-order valence-corrected chi connectivity index (χ2v) is 7.13. The normalized spacial score (nSPS) is 26.0. The molecule has 2 N–H and O–H groups in total. The first kappa shape index (κ1) is 14.9. The molecule has 102 valence electrons. The molecule has 0 amide bonds. The summed E-state index contributed by atoms with van der Waals surface area (Å²) in [5.74, 6) is 0.481. The van der Waals surface area contributed by atoms with Crippen LogP contribution in [0.3, 0.4) is 0 Å². The maximum absolute atomic E-state index is 11.4. The van der Waals surface area contributed by atoms with Gasteiger partial charge in [0.1, 0.15) is 0 Å². The Hall–Kier alpha value is -0.170. The predicted octanol–water partition coefficient (Wildman–Crippen LogP) is -0.0609. The first-order valence-electron chi connectivity index (χ1n) is 6.12. The number of nitrogens with one attached hydrogen (secondary N) is 1. The third-order valence-electron chi connectivity index (χ3n) is 2.73. The van der Waals surface area contributed by atoms with E-state index in [9.17, 15) is 13.5 Å². The number of rotatable bonds is 6. The second-order valence-electron chi connectivity index (χ2n) is 4.90.